The second kappa shape index (κ2) is 5.25. The smallest absolute Gasteiger partial charge is 0.0589 e. The molecule has 102 valence electrons. The molecule has 0 aliphatic carbocycles. The summed E-state index contributed by atoms with van der Waals surface area (Å²) in [6.07, 6.45) is 1.24. The Bertz CT molecular complexity index is 245. The highest BCUT2D eigenvalue weighted by atomic mass is 16.5. The Morgan fingerprint density at radius 1 is 1.35 bits per heavy atom. The number of ether oxygens (including phenoxy) is 1. The van der Waals surface area contributed by atoms with Crippen LogP contribution in [0.1, 0.15) is 41.0 Å². The first kappa shape index (κ1) is 14.9. The summed E-state index contributed by atoms with van der Waals surface area (Å²) in [6, 6.07) is 0.652. The number of methoxy groups -OCH3 is 1. The van der Waals surface area contributed by atoms with E-state index in [1.54, 1.807) is 7.11 Å². The van der Waals surface area contributed by atoms with Crippen LogP contribution in [0.15, 0.2) is 0 Å². The number of nitrogens with zero attached hydrogens (tertiary/aromatic N) is 2. The van der Waals surface area contributed by atoms with Gasteiger partial charge in [-0.25, -0.2) is 0 Å². The molecule has 0 bridgehead atoms. The summed E-state index contributed by atoms with van der Waals surface area (Å²) >= 11 is 0. The van der Waals surface area contributed by atoms with Gasteiger partial charge in [-0.05, 0) is 48.1 Å². The van der Waals surface area contributed by atoms with Gasteiger partial charge in [0, 0.05) is 37.3 Å². The quantitative estimate of drug-likeness (QED) is 0.752. The first-order valence-corrected chi connectivity index (χ1v) is 6.65. The van der Waals surface area contributed by atoms with Crippen molar-refractivity contribution in [2.45, 2.75) is 58.2 Å². The van der Waals surface area contributed by atoms with Gasteiger partial charge in [0.15, 0.2) is 0 Å². The van der Waals surface area contributed by atoms with Crippen LogP contribution < -0.4 is 0 Å². The molecule has 1 saturated heterocycles. The summed E-state index contributed by atoms with van der Waals surface area (Å²) in [5.74, 6) is 0. The molecule has 1 atom stereocenters. The number of likely N-dealkylation sites (N-methyl/N-ethyl adjacent to an activating group) is 1. The minimum atomic E-state index is 0.250. The molecular formula is C14H30N2O. The van der Waals surface area contributed by atoms with Crippen LogP contribution in [0.2, 0.25) is 0 Å². The van der Waals surface area contributed by atoms with E-state index in [0.29, 0.717) is 11.6 Å². The summed E-state index contributed by atoms with van der Waals surface area (Å²) in [6.45, 7) is 14.7. The summed E-state index contributed by atoms with van der Waals surface area (Å²) in [5.41, 5.74) is 0.546. The minimum absolute atomic E-state index is 0.250. The lowest BCUT2D eigenvalue weighted by molar-refractivity contribution is 0.0651. The second-order valence-electron chi connectivity index (χ2n) is 6.93. The fourth-order valence-electron chi connectivity index (χ4n) is 3.10. The highest BCUT2D eigenvalue weighted by Crippen LogP contribution is 2.36. The molecule has 3 nitrogen and oxygen atoms in total. The lowest BCUT2D eigenvalue weighted by atomic mass is 9.95. The fourth-order valence-corrected chi connectivity index (χ4v) is 3.10. The molecule has 0 saturated carbocycles. The molecule has 0 spiro atoms. The second-order valence-corrected chi connectivity index (χ2v) is 6.93. The van der Waals surface area contributed by atoms with E-state index in [1.807, 2.05) is 0 Å². The van der Waals surface area contributed by atoms with Gasteiger partial charge in [-0.1, -0.05) is 0 Å². The van der Waals surface area contributed by atoms with Gasteiger partial charge in [-0.15, -0.1) is 0 Å². The van der Waals surface area contributed by atoms with Gasteiger partial charge in [0.25, 0.3) is 0 Å². The molecule has 1 heterocycles. The van der Waals surface area contributed by atoms with Crippen LogP contribution in [0.4, 0.5) is 0 Å². The van der Waals surface area contributed by atoms with Crippen molar-refractivity contribution < 1.29 is 4.74 Å². The lowest BCUT2D eigenvalue weighted by Gasteiger charge is -2.42. The average Bonchev–Trinajstić information content (AvgIpc) is 2.50. The Morgan fingerprint density at radius 3 is 2.35 bits per heavy atom. The monoisotopic (exact) mass is 242 g/mol. The maximum atomic E-state index is 5.16. The number of rotatable bonds is 4. The standard InChI is InChI=1S/C14H30N2O/c1-13(2,3)16-11-12(10-14(16,4)5)15(6)8-9-17-7/h12H,8-11H2,1-7H3. The Kier molecular flexibility index (Phi) is 4.61. The van der Waals surface area contributed by atoms with Crippen molar-refractivity contribution >= 4 is 0 Å². The molecular weight excluding hydrogens is 212 g/mol. The molecule has 1 aliphatic rings. The van der Waals surface area contributed by atoms with Crippen molar-refractivity contribution in [3.63, 3.8) is 0 Å². The highest BCUT2D eigenvalue weighted by Gasteiger charge is 2.44. The van der Waals surface area contributed by atoms with Crippen molar-refractivity contribution in [1.29, 1.82) is 0 Å². The topological polar surface area (TPSA) is 15.7 Å². The van der Waals surface area contributed by atoms with Gasteiger partial charge in [-0.2, -0.15) is 0 Å². The van der Waals surface area contributed by atoms with Crippen molar-refractivity contribution in [2.24, 2.45) is 0 Å². The summed E-state index contributed by atoms with van der Waals surface area (Å²) in [4.78, 5) is 5.07. The van der Waals surface area contributed by atoms with Crippen molar-refractivity contribution in [2.75, 3.05) is 33.9 Å². The molecule has 0 aromatic heterocycles. The minimum Gasteiger partial charge on any atom is -0.383 e. The molecule has 0 radical (unpaired) electrons. The van der Waals surface area contributed by atoms with Crippen LogP contribution in [0, 0.1) is 0 Å². The van der Waals surface area contributed by atoms with Crippen molar-refractivity contribution in [3.8, 4) is 0 Å². The molecule has 1 aliphatic heterocycles. The van der Waals surface area contributed by atoms with Crippen LogP contribution in [-0.2, 0) is 4.74 Å². The van der Waals surface area contributed by atoms with Crippen LogP contribution >= 0.6 is 0 Å². The van der Waals surface area contributed by atoms with Crippen LogP contribution in [0.3, 0.4) is 0 Å². The normalized spacial score (nSPS) is 25.8. The largest absolute Gasteiger partial charge is 0.383 e. The van der Waals surface area contributed by atoms with E-state index in [1.165, 1.54) is 6.42 Å². The third kappa shape index (κ3) is 3.67. The third-order valence-electron chi connectivity index (χ3n) is 3.94. The summed E-state index contributed by atoms with van der Waals surface area (Å²) in [5, 5.41) is 0. The van der Waals surface area contributed by atoms with E-state index in [0.717, 1.165) is 19.7 Å². The molecule has 17 heavy (non-hydrogen) atoms. The fraction of sp³-hybridized carbons (Fsp3) is 1.00. The van der Waals surface area contributed by atoms with Crippen LogP contribution in [0.5, 0.6) is 0 Å². The molecule has 0 aromatic carbocycles. The van der Waals surface area contributed by atoms with Crippen molar-refractivity contribution in [1.82, 2.24) is 9.80 Å². The van der Waals surface area contributed by atoms with E-state index < -0.39 is 0 Å². The van der Waals surface area contributed by atoms with E-state index in [4.69, 9.17) is 4.74 Å². The van der Waals surface area contributed by atoms with Gasteiger partial charge in [0.2, 0.25) is 0 Å². The Hall–Kier alpha value is -0.120. The Labute approximate surface area is 107 Å². The molecule has 0 N–H and O–H groups in total. The molecule has 3 heteroatoms. The van der Waals surface area contributed by atoms with Gasteiger partial charge in [-0.3, -0.25) is 9.80 Å². The number of hydrogen-bond donors (Lipinski definition) is 0. The van der Waals surface area contributed by atoms with Crippen LogP contribution in [-0.4, -0.2) is 60.8 Å². The summed E-state index contributed by atoms with van der Waals surface area (Å²) < 4.78 is 5.16. The molecule has 1 unspecified atom stereocenters. The predicted molar refractivity (Wildman–Crippen MR) is 73.4 cm³/mol. The molecule has 1 fully saturated rings. The maximum absolute atomic E-state index is 5.16. The lowest BCUT2D eigenvalue weighted by Crippen LogP contribution is -2.50. The van der Waals surface area contributed by atoms with E-state index >= 15 is 0 Å². The SMILES string of the molecule is COCCN(C)C1CN(C(C)(C)C)C(C)(C)C1. The third-order valence-corrected chi connectivity index (χ3v) is 3.94. The number of hydrogen-bond acceptors (Lipinski definition) is 3. The first-order valence-electron chi connectivity index (χ1n) is 6.65. The molecule has 0 amide bonds. The van der Waals surface area contributed by atoms with Crippen LogP contribution in [0.25, 0.3) is 0 Å². The van der Waals surface area contributed by atoms with Gasteiger partial charge < -0.3 is 4.74 Å². The zero-order valence-electron chi connectivity index (χ0n) is 12.7. The maximum Gasteiger partial charge on any atom is 0.0589 e. The Morgan fingerprint density at radius 2 is 1.94 bits per heavy atom. The van der Waals surface area contributed by atoms with Gasteiger partial charge in [0.05, 0.1) is 6.61 Å². The number of likely N-dealkylation sites (tertiary alicyclic amines) is 1. The molecule has 1 rings (SSSR count). The van der Waals surface area contributed by atoms with E-state index in [9.17, 15) is 0 Å². The van der Waals surface area contributed by atoms with Crippen molar-refractivity contribution in [3.05, 3.63) is 0 Å². The molecule has 0 aromatic rings. The zero-order valence-corrected chi connectivity index (χ0v) is 12.7. The Balaban J connectivity index is 2.64. The van der Waals surface area contributed by atoms with Gasteiger partial charge >= 0.3 is 0 Å². The van der Waals surface area contributed by atoms with E-state index in [-0.39, 0.29) is 5.54 Å². The summed E-state index contributed by atoms with van der Waals surface area (Å²) in [7, 11) is 3.99. The zero-order chi connectivity index (χ0) is 13.3. The average molecular weight is 242 g/mol. The predicted octanol–water partition coefficient (Wildman–Crippen LogP) is 2.22. The first-order chi connectivity index (χ1) is 7.68. The van der Waals surface area contributed by atoms with E-state index in [2.05, 4.69) is 51.5 Å². The highest BCUT2D eigenvalue weighted by molar-refractivity contribution is 5.01. The van der Waals surface area contributed by atoms with Gasteiger partial charge in [0.1, 0.15) is 0 Å².